The normalized spacial score (nSPS) is 11.3. The Hall–Kier alpha value is -4.27. The molecule has 0 aliphatic carbocycles. The van der Waals surface area contributed by atoms with Gasteiger partial charge in [-0.05, 0) is 42.5 Å². The van der Waals surface area contributed by atoms with Crippen LogP contribution >= 0.6 is 0 Å². The summed E-state index contributed by atoms with van der Waals surface area (Å²) >= 11 is 0. The molecule has 8 nitrogen and oxygen atoms in total. The molecule has 0 radical (unpaired) electrons. The van der Waals surface area contributed by atoms with Crippen LogP contribution in [0.3, 0.4) is 0 Å². The number of hydrogen-bond acceptors (Lipinski definition) is 4. The third kappa shape index (κ3) is 6.00. The Morgan fingerprint density at radius 2 is 1.80 bits per heavy atom. The van der Waals surface area contributed by atoms with Crippen molar-refractivity contribution >= 4 is 23.3 Å². The van der Waals surface area contributed by atoms with Crippen LogP contribution in [0.2, 0.25) is 0 Å². The van der Waals surface area contributed by atoms with Crippen LogP contribution in [-0.4, -0.2) is 31.1 Å². The Morgan fingerprint density at radius 1 is 1.03 bits per heavy atom. The number of carbonyl (C=O) groups is 2. The maximum Gasteiger partial charge on any atom is 0.256 e. The van der Waals surface area contributed by atoms with Crippen LogP contribution in [0.4, 0.5) is 15.9 Å². The maximum absolute atomic E-state index is 13.4. The van der Waals surface area contributed by atoms with E-state index in [1.54, 1.807) is 59.8 Å². The van der Waals surface area contributed by atoms with Gasteiger partial charge in [0.15, 0.2) is 0 Å². The summed E-state index contributed by atoms with van der Waals surface area (Å²) in [6.07, 6.45) is 5.38. The van der Waals surface area contributed by atoms with Gasteiger partial charge in [-0.2, -0.15) is 5.10 Å². The van der Waals surface area contributed by atoms with E-state index in [1.165, 1.54) is 12.1 Å². The van der Waals surface area contributed by atoms with E-state index in [1.807, 2.05) is 31.4 Å². The van der Waals surface area contributed by atoms with Gasteiger partial charge in [0.2, 0.25) is 5.91 Å². The van der Waals surface area contributed by atoms with Crippen molar-refractivity contribution in [3.63, 3.8) is 0 Å². The molecular weight excluding hydrogens is 447 g/mol. The first-order valence-corrected chi connectivity index (χ1v) is 11.2. The van der Waals surface area contributed by atoms with Crippen LogP contribution in [0, 0.1) is 5.82 Å². The van der Waals surface area contributed by atoms with Crippen molar-refractivity contribution < 1.29 is 14.0 Å². The number of rotatable bonds is 7. The number of aromatic nitrogens is 4. The SMILES string of the molecule is CC(C)(C)c1cc(NC(=O)c2cccc(NC(=O)CCn3ccnc3)c2)n(-c2ccc(F)cc2)n1. The lowest BCUT2D eigenvalue weighted by molar-refractivity contribution is -0.116. The average Bonchev–Trinajstić information content (AvgIpc) is 3.48. The van der Waals surface area contributed by atoms with Gasteiger partial charge in [0.05, 0.1) is 17.7 Å². The van der Waals surface area contributed by atoms with E-state index in [9.17, 15) is 14.0 Å². The Balaban J connectivity index is 1.51. The van der Waals surface area contributed by atoms with Gasteiger partial charge in [0.1, 0.15) is 11.6 Å². The molecule has 0 aliphatic heterocycles. The molecule has 35 heavy (non-hydrogen) atoms. The Morgan fingerprint density at radius 3 is 2.49 bits per heavy atom. The summed E-state index contributed by atoms with van der Waals surface area (Å²) in [5.74, 6) is -0.420. The highest BCUT2D eigenvalue weighted by Gasteiger charge is 2.22. The van der Waals surface area contributed by atoms with E-state index < -0.39 is 0 Å². The second-order valence-corrected chi connectivity index (χ2v) is 9.19. The van der Waals surface area contributed by atoms with Crippen molar-refractivity contribution in [2.45, 2.75) is 39.2 Å². The highest BCUT2D eigenvalue weighted by Crippen LogP contribution is 2.27. The number of halogens is 1. The number of nitrogens with zero attached hydrogens (tertiary/aromatic N) is 4. The second kappa shape index (κ2) is 9.92. The zero-order valence-electron chi connectivity index (χ0n) is 19.8. The summed E-state index contributed by atoms with van der Waals surface area (Å²) in [5, 5.41) is 10.4. The number of imidazole rings is 1. The molecule has 2 heterocycles. The summed E-state index contributed by atoms with van der Waals surface area (Å²) in [6, 6.07) is 14.4. The summed E-state index contributed by atoms with van der Waals surface area (Å²) in [6.45, 7) is 6.58. The van der Waals surface area contributed by atoms with E-state index in [2.05, 4.69) is 20.7 Å². The van der Waals surface area contributed by atoms with Crippen molar-refractivity contribution in [2.75, 3.05) is 10.6 Å². The number of amides is 2. The molecule has 4 aromatic rings. The predicted octanol–water partition coefficient (Wildman–Crippen LogP) is 4.79. The number of aryl methyl sites for hydroxylation is 1. The first kappa shape index (κ1) is 23.9. The zero-order chi connectivity index (χ0) is 25.0. The molecule has 0 fully saturated rings. The van der Waals surface area contributed by atoms with Crippen molar-refractivity contribution in [1.82, 2.24) is 19.3 Å². The molecule has 9 heteroatoms. The van der Waals surface area contributed by atoms with Gasteiger partial charge >= 0.3 is 0 Å². The topological polar surface area (TPSA) is 93.8 Å². The van der Waals surface area contributed by atoms with Crippen molar-refractivity contribution in [3.8, 4) is 5.69 Å². The van der Waals surface area contributed by atoms with Gasteiger partial charge in [-0.25, -0.2) is 14.1 Å². The van der Waals surface area contributed by atoms with Crippen molar-refractivity contribution in [3.05, 3.63) is 90.4 Å². The molecule has 0 aliphatic rings. The average molecular weight is 475 g/mol. The Bertz CT molecular complexity index is 1320. The first-order valence-electron chi connectivity index (χ1n) is 11.2. The highest BCUT2D eigenvalue weighted by molar-refractivity contribution is 6.05. The number of benzene rings is 2. The van der Waals surface area contributed by atoms with E-state index in [0.717, 1.165) is 5.69 Å². The van der Waals surface area contributed by atoms with E-state index in [-0.39, 0.29) is 29.5 Å². The van der Waals surface area contributed by atoms with Gasteiger partial charge in [-0.1, -0.05) is 26.8 Å². The molecule has 0 saturated heterocycles. The molecule has 4 rings (SSSR count). The fourth-order valence-corrected chi connectivity index (χ4v) is 3.42. The van der Waals surface area contributed by atoms with Gasteiger partial charge in [-0.15, -0.1) is 0 Å². The summed E-state index contributed by atoms with van der Waals surface area (Å²) in [4.78, 5) is 29.4. The molecule has 0 spiro atoms. The fourth-order valence-electron chi connectivity index (χ4n) is 3.42. The standard InChI is InChI=1S/C26H27FN6O2/c1-26(2,3)22-16-23(33(31-22)21-9-7-19(27)8-10-21)30-25(35)18-5-4-6-20(15-18)29-24(34)11-13-32-14-12-28-17-32/h4-10,12,14-17H,11,13H2,1-3H3,(H,29,34)(H,30,35). The van der Waals surface area contributed by atoms with Crippen LogP contribution in [0.5, 0.6) is 0 Å². The molecule has 2 aromatic carbocycles. The maximum atomic E-state index is 13.4. The van der Waals surface area contributed by atoms with Crippen molar-refractivity contribution in [1.29, 1.82) is 0 Å². The van der Waals surface area contributed by atoms with E-state index in [4.69, 9.17) is 0 Å². The van der Waals surface area contributed by atoms with Crippen molar-refractivity contribution in [2.24, 2.45) is 0 Å². The molecule has 2 aromatic heterocycles. The molecule has 0 atom stereocenters. The largest absolute Gasteiger partial charge is 0.337 e. The predicted molar refractivity (Wildman–Crippen MR) is 132 cm³/mol. The molecule has 2 amide bonds. The minimum absolute atomic E-state index is 0.166. The van der Waals surface area contributed by atoms with Gasteiger partial charge in [0.25, 0.3) is 5.91 Å². The van der Waals surface area contributed by atoms with E-state index in [0.29, 0.717) is 29.3 Å². The van der Waals surface area contributed by atoms with Crippen LogP contribution in [0.15, 0.2) is 73.3 Å². The molecule has 0 bridgehead atoms. The third-order valence-corrected chi connectivity index (χ3v) is 5.36. The minimum atomic E-state index is -0.358. The van der Waals surface area contributed by atoms with Gasteiger partial charge in [0, 0.05) is 48.1 Å². The quantitative estimate of drug-likeness (QED) is 0.403. The molecule has 2 N–H and O–H groups in total. The lowest BCUT2D eigenvalue weighted by atomic mass is 9.92. The van der Waals surface area contributed by atoms with Gasteiger partial charge < -0.3 is 15.2 Å². The first-order chi connectivity index (χ1) is 16.7. The number of hydrogen-bond donors (Lipinski definition) is 2. The Kier molecular flexibility index (Phi) is 6.77. The third-order valence-electron chi connectivity index (χ3n) is 5.36. The van der Waals surface area contributed by atoms with Crippen LogP contribution < -0.4 is 10.6 Å². The molecular formula is C26H27FN6O2. The van der Waals surface area contributed by atoms with Crippen LogP contribution in [0.1, 0.15) is 43.2 Å². The summed E-state index contributed by atoms with van der Waals surface area (Å²) in [7, 11) is 0. The molecule has 0 unspecified atom stereocenters. The highest BCUT2D eigenvalue weighted by atomic mass is 19.1. The number of anilines is 2. The summed E-state index contributed by atoms with van der Waals surface area (Å²) in [5.41, 5.74) is 2.04. The monoisotopic (exact) mass is 474 g/mol. The van der Waals surface area contributed by atoms with Crippen LogP contribution in [-0.2, 0) is 16.8 Å². The molecule has 180 valence electrons. The van der Waals surface area contributed by atoms with Gasteiger partial charge in [-0.3, -0.25) is 9.59 Å². The lowest BCUT2D eigenvalue weighted by Gasteiger charge is -2.14. The smallest absolute Gasteiger partial charge is 0.256 e. The number of carbonyl (C=O) groups excluding carboxylic acids is 2. The minimum Gasteiger partial charge on any atom is -0.337 e. The van der Waals surface area contributed by atoms with E-state index >= 15 is 0 Å². The van der Waals surface area contributed by atoms with Crippen LogP contribution in [0.25, 0.3) is 5.69 Å². The fraction of sp³-hybridized carbons (Fsp3) is 0.231. The summed E-state index contributed by atoms with van der Waals surface area (Å²) < 4.78 is 16.8. The zero-order valence-corrected chi connectivity index (χ0v) is 19.8. The number of nitrogens with one attached hydrogen (secondary N) is 2. The second-order valence-electron chi connectivity index (χ2n) is 9.19. The Labute approximate surface area is 202 Å². The lowest BCUT2D eigenvalue weighted by Crippen LogP contribution is -2.17. The molecule has 0 saturated carbocycles.